The molecule has 5 rings (SSSR count). The van der Waals surface area contributed by atoms with Crippen LogP contribution in [-0.2, 0) is 6.54 Å². The predicted octanol–water partition coefficient (Wildman–Crippen LogP) is 3.79. The van der Waals surface area contributed by atoms with Crippen molar-refractivity contribution in [2.45, 2.75) is 44.4 Å². The lowest BCUT2D eigenvalue weighted by Gasteiger charge is -2.27. The first-order valence-corrected chi connectivity index (χ1v) is 10.6. The largest absolute Gasteiger partial charge is 0.391 e. The lowest BCUT2D eigenvalue weighted by molar-refractivity contribution is 0.116. The first-order chi connectivity index (χ1) is 14.2. The molecule has 0 radical (unpaired) electrons. The van der Waals surface area contributed by atoms with E-state index >= 15 is 0 Å². The zero-order valence-corrected chi connectivity index (χ0v) is 16.7. The molecule has 3 aromatic heterocycles. The number of aliphatic hydroxyl groups excluding tert-OH is 1. The fraction of sp³-hybridized carbons (Fsp3) is 0.318. The summed E-state index contributed by atoms with van der Waals surface area (Å²) in [5.74, 6) is 2.59. The molecule has 6 nitrogen and oxygen atoms in total. The maximum Gasteiger partial charge on any atom is 0.184 e. The van der Waals surface area contributed by atoms with Crippen molar-refractivity contribution < 1.29 is 5.11 Å². The normalized spacial score (nSPS) is 19.4. The number of fused-ring (bicyclic) bond motifs is 2. The van der Waals surface area contributed by atoms with Crippen LogP contribution in [0.15, 0.2) is 36.8 Å². The molecule has 2 N–H and O–H groups in total. The molecule has 3 heterocycles. The van der Waals surface area contributed by atoms with Gasteiger partial charge < -0.3 is 15.0 Å². The highest BCUT2D eigenvalue weighted by Gasteiger charge is 2.23. The first-order valence-electron chi connectivity index (χ1n) is 9.81. The summed E-state index contributed by atoms with van der Waals surface area (Å²) < 4.78 is 3.15. The fourth-order valence-corrected chi connectivity index (χ4v) is 4.90. The molecule has 0 saturated heterocycles. The molecule has 1 aliphatic carbocycles. The minimum absolute atomic E-state index is 0.0973. The van der Waals surface area contributed by atoms with Crippen LogP contribution in [0.25, 0.3) is 21.4 Å². The van der Waals surface area contributed by atoms with Crippen LogP contribution in [-0.4, -0.2) is 36.8 Å². The van der Waals surface area contributed by atoms with Gasteiger partial charge in [-0.15, -0.1) is 6.42 Å². The SMILES string of the molecule is C#Cc1cnc2c(c1)ncn2Cc1ccc2nc(N[C@@H]3CCCCC3O)sc2c1. The van der Waals surface area contributed by atoms with E-state index in [9.17, 15) is 5.11 Å². The van der Waals surface area contributed by atoms with E-state index in [1.165, 1.54) is 0 Å². The van der Waals surface area contributed by atoms with Crippen LogP contribution < -0.4 is 5.32 Å². The number of rotatable bonds is 4. The van der Waals surface area contributed by atoms with Gasteiger partial charge in [0.1, 0.15) is 5.52 Å². The monoisotopic (exact) mass is 403 g/mol. The van der Waals surface area contributed by atoms with Gasteiger partial charge in [-0.1, -0.05) is 36.2 Å². The van der Waals surface area contributed by atoms with Gasteiger partial charge in [0, 0.05) is 11.8 Å². The highest BCUT2D eigenvalue weighted by Crippen LogP contribution is 2.30. The lowest BCUT2D eigenvalue weighted by Crippen LogP contribution is -2.36. The van der Waals surface area contributed by atoms with Gasteiger partial charge in [-0.05, 0) is 36.6 Å². The van der Waals surface area contributed by atoms with Crippen molar-refractivity contribution in [2.24, 2.45) is 0 Å². The molecule has 4 aromatic rings. The van der Waals surface area contributed by atoms with Crippen LogP contribution in [0, 0.1) is 12.3 Å². The number of pyridine rings is 1. The molecule has 0 aliphatic heterocycles. The number of aliphatic hydroxyl groups is 1. The second-order valence-electron chi connectivity index (χ2n) is 7.51. The van der Waals surface area contributed by atoms with Crippen molar-refractivity contribution in [3.8, 4) is 12.3 Å². The van der Waals surface area contributed by atoms with Gasteiger partial charge in [0.2, 0.25) is 0 Å². The highest BCUT2D eigenvalue weighted by molar-refractivity contribution is 7.22. The molecular formula is C22H21N5OS. The third-order valence-corrected chi connectivity index (χ3v) is 6.42. The molecule has 29 heavy (non-hydrogen) atoms. The predicted molar refractivity (Wildman–Crippen MR) is 116 cm³/mol. The van der Waals surface area contributed by atoms with Crippen molar-refractivity contribution in [3.05, 3.63) is 47.9 Å². The molecule has 0 bridgehead atoms. The summed E-state index contributed by atoms with van der Waals surface area (Å²) in [6.45, 7) is 0.677. The number of hydrogen-bond acceptors (Lipinski definition) is 6. The standard InChI is InChI=1S/C22H21N5OS/c1-2-14-9-18-21(23-11-14)27(13-24-18)12-15-7-8-17-20(10-15)29-22(26-17)25-16-5-3-4-6-19(16)28/h1,7-11,13,16,19,28H,3-6,12H2,(H,25,26)/t16-,19?/m1/s1. The van der Waals surface area contributed by atoms with Gasteiger partial charge in [-0.3, -0.25) is 0 Å². The Morgan fingerprint density at radius 1 is 1.21 bits per heavy atom. The van der Waals surface area contributed by atoms with Crippen molar-refractivity contribution in [1.82, 2.24) is 19.5 Å². The third kappa shape index (κ3) is 3.57. The molecule has 1 fully saturated rings. The van der Waals surface area contributed by atoms with Crippen LogP contribution in [0.1, 0.15) is 36.8 Å². The topological polar surface area (TPSA) is 75.9 Å². The summed E-state index contributed by atoms with van der Waals surface area (Å²) in [6, 6.07) is 8.27. The van der Waals surface area contributed by atoms with Crippen LogP contribution in [0.3, 0.4) is 0 Å². The average molecular weight is 404 g/mol. The Morgan fingerprint density at radius 3 is 2.97 bits per heavy atom. The lowest BCUT2D eigenvalue weighted by atomic mass is 9.93. The number of nitrogens with one attached hydrogen (secondary N) is 1. The van der Waals surface area contributed by atoms with Crippen LogP contribution in [0.5, 0.6) is 0 Å². The van der Waals surface area contributed by atoms with Crippen LogP contribution in [0.4, 0.5) is 5.13 Å². The summed E-state index contributed by atoms with van der Waals surface area (Å²) in [5.41, 5.74) is 4.49. The minimum Gasteiger partial charge on any atom is -0.391 e. The number of terminal acetylenes is 1. The second-order valence-corrected chi connectivity index (χ2v) is 8.54. The highest BCUT2D eigenvalue weighted by atomic mass is 32.1. The Bertz CT molecular complexity index is 1220. The average Bonchev–Trinajstić information content (AvgIpc) is 3.32. The Hall–Kier alpha value is -2.95. The maximum atomic E-state index is 10.2. The summed E-state index contributed by atoms with van der Waals surface area (Å²) >= 11 is 1.63. The number of aromatic nitrogens is 4. The fourth-order valence-electron chi connectivity index (χ4n) is 3.91. The Morgan fingerprint density at radius 2 is 2.10 bits per heavy atom. The Kier molecular flexibility index (Phi) is 4.66. The van der Waals surface area contributed by atoms with E-state index in [1.807, 2.05) is 16.7 Å². The van der Waals surface area contributed by atoms with Gasteiger partial charge >= 0.3 is 0 Å². The second kappa shape index (κ2) is 7.47. The quantitative estimate of drug-likeness (QED) is 0.507. The van der Waals surface area contributed by atoms with E-state index in [1.54, 1.807) is 23.9 Å². The van der Waals surface area contributed by atoms with Crippen LogP contribution in [0.2, 0.25) is 0 Å². The Labute approximate surface area is 172 Å². The molecule has 146 valence electrons. The summed E-state index contributed by atoms with van der Waals surface area (Å²) in [7, 11) is 0. The number of anilines is 1. The molecule has 2 atom stereocenters. The first kappa shape index (κ1) is 18.1. The van der Waals surface area contributed by atoms with E-state index < -0.39 is 0 Å². The molecule has 1 saturated carbocycles. The van der Waals surface area contributed by atoms with Gasteiger partial charge in [0.05, 0.1) is 35.2 Å². The third-order valence-electron chi connectivity index (χ3n) is 5.47. The van der Waals surface area contributed by atoms with Crippen LogP contribution >= 0.6 is 11.3 Å². The molecule has 0 amide bonds. The number of thiazole rings is 1. The van der Waals surface area contributed by atoms with Gasteiger partial charge in [-0.2, -0.15) is 0 Å². The maximum absolute atomic E-state index is 10.2. The molecule has 1 aromatic carbocycles. The van der Waals surface area contributed by atoms with E-state index in [2.05, 4.69) is 33.3 Å². The molecule has 0 spiro atoms. The van der Waals surface area contributed by atoms with Crippen molar-refractivity contribution in [2.75, 3.05) is 5.32 Å². The Balaban J connectivity index is 1.38. The number of nitrogens with zero attached hydrogens (tertiary/aromatic N) is 4. The van der Waals surface area contributed by atoms with E-state index in [4.69, 9.17) is 11.4 Å². The van der Waals surface area contributed by atoms with E-state index in [-0.39, 0.29) is 12.1 Å². The smallest absolute Gasteiger partial charge is 0.184 e. The summed E-state index contributed by atoms with van der Waals surface area (Å²) in [6.07, 6.45) is 12.8. The van der Waals surface area contributed by atoms with Gasteiger partial charge in [-0.25, -0.2) is 15.0 Å². The molecule has 7 heteroatoms. The van der Waals surface area contributed by atoms with Gasteiger partial charge in [0.15, 0.2) is 10.8 Å². The van der Waals surface area contributed by atoms with Crippen molar-refractivity contribution >= 4 is 37.8 Å². The molecule has 1 unspecified atom stereocenters. The van der Waals surface area contributed by atoms with Crippen molar-refractivity contribution in [3.63, 3.8) is 0 Å². The minimum atomic E-state index is -0.289. The zero-order chi connectivity index (χ0) is 19.8. The van der Waals surface area contributed by atoms with E-state index in [0.717, 1.165) is 63.3 Å². The van der Waals surface area contributed by atoms with Gasteiger partial charge in [0.25, 0.3) is 0 Å². The number of imidazole rings is 1. The summed E-state index contributed by atoms with van der Waals surface area (Å²) in [5, 5.41) is 14.5. The van der Waals surface area contributed by atoms with E-state index in [0.29, 0.717) is 6.54 Å². The molecular weight excluding hydrogens is 382 g/mol. The summed E-state index contributed by atoms with van der Waals surface area (Å²) in [4.78, 5) is 13.6. The number of hydrogen-bond donors (Lipinski definition) is 2. The van der Waals surface area contributed by atoms with Crippen molar-refractivity contribution in [1.29, 1.82) is 0 Å². The zero-order valence-electron chi connectivity index (χ0n) is 15.9. The number of benzene rings is 1. The molecule has 1 aliphatic rings.